The van der Waals surface area contributed by atoms with E-state index in [1.165, 1.54) is 18.2 Å². The summed E-state index contributed by atoms with van der Waals surface area (Å²) in [5.74, 6) is 0.621. The predicted octanol–water partition coefficient (Wildman–Crippen LogP) is 3.61. The van der Waals surface area contributed by atoms with Crippen LogP contribution in [0.25, 0.3) is 0 Å². The van der Waals surface area contributed by atoms with E-state index in [4.69, 9.17) is 9.47 Å². The van der Waals surface area contributed by atoms with E-state index in [1.807, 2.05) is 24.3 Å². The van der Waals surface area contributed by atoms with Crippen LogP contribution in [-0.4, -0.2) is 19.1 Å². The van der Waals surface area contributed by atoms with Crippen LogP contribution in [0.1, 0.15) is 18.0 Å². The van der Waals surface area contributed by atoms with Crippen molar-refractivity contribution in [3.63, 3.8) is 0 Å². The summed E-state index contributed by atoms with van der Waals surface area (Å²) in [5.41, 5.74) is 0.968. The third kappa shape index (κ3) is 3.82. The molecule has 0 saturated carbocycles. The summed E-state index contributed by atoms with van der Waals surface area (Å²) in [4.78, 5) is 12.1. The van der Waals surface area contributed by atoms with Crippen LogP contribution in [0.5, 0.6) is 11.5 Å². The van der Waals surface area contributed by atoms with Crippen molar-refractivity contribution in [2.75, 3.05) is 13.2 Å². The maximum absolute atomic E-state index is 13.0. The summed E-state index contributed by atoms with van der Waals surface area (Å²) in [6.45, 7) is 0.427. The van der Waals surface area contributed by atoms with Gasteiger partial charge in [0.15, 0.2) is 6.61 Å². The molecule has 0 bridgehead atoms. The maximum Gasteiger partial charge on any atom is 0.258 e. The molecule has 23 heavy (non-hydrogen) atoms. The van der Waals surface area contributed by atoms with Crippen molar-refractivity contribution in [1.82, 2.24) is 5.32 Å². The fourth-order valence-corrected chi connectivity index (χ4v) is 2.93. The molecule has 0 radical (unpaired) electrons. The number of carbonyl (C=O) groups is 1. The molecule has 0 aromatic heterocycles. The molecule has 1 heterocycles. The molecule has 1 unspecified atom stereocenters. The lowest BCUT2D eigenvalue weighted by Crippen LogP contribution is -2.35. The van der Waals surface area contributed by atoms with Gasteiger partial charge in [-0.25, -0.2) is 4.39 Å². The van der Waals surface area contributed by atoms with E-state index >= 15 is 0 Å². The number of benzene rings is 2. The molecule has 2 aromatic rings. The fraction of sp³-hybridized carbons (Fsp3) is 0.235. The number of carbonyl (C=O) groups excluding carboxylic acids is 1. The number of hydrogen-bond acceptors (Lipinski definition) is 3. The molecule has 0 saturated heterocycles. The molecule has 1 atom stereocenters. The Labute approximate surface area is 141 Å². The Morgan fingerprint density at radius 1 is 1.35 bits per heavy atom. The number of ether oxygens (including phenoxy) is 2. The van der Waals surface area contributed by atoms with E-state index in [0.29, 0.717) is 23.2 Å². The highest BCUT2D eigenvalue weighted by Crippen LogP contribution is 2.31. The minimum absolute atomic E-state index is 0.0901. The van der Waals surface area contributed by atoms with Crippen LogP contribution in [0.2, 0.25) is 0 Å². The SMILES string of the molecule is O=C(COc1ccc(F)cc1Br)NC1CCOc2ccccc21. The third-order valence-electron chi connectivity index (χ3n) is 3.55. The molecule has 1 aliphatic rings. The first-order chi connectivity index (χ1) is 11.1. The first kappa shape index (κ1) is 15.8. The molecule has 0 aliphatic carbocycles. The maximum atomic E-state index is 13.0. The van der Waals surface area contributed by atoms with Crippen LogP contribution in [0.3, 0.4) is 0 Å². The lowest BCUT2D eigenvalue weighted by Gasteiger charge is -2.26. The van der Waals surface area contributed by atoms with Crippen molar-refractivity contribution in [2.45, 2.75) is 12.5 Å². The van der Waals surface area contributed by atoms with E-state index in [-0.39, 0.29) is 24.4 Å². The Balaban J connectivity index is 1.60. The third-order valence-corrected chi connectivity index (χ3v) is 4.17. The lowest BCUT2D eigenvalue weighted by atomic mass is 10.0. The van der Waals surface area contributed by atoms with Crippen LogP contribution in [0.4, 0.5) is 4.39 Å². The summed E-state index contributed by atoms with van der Waals surface area (Å²) in [7, 11) is 0. The smallest absolute Gasteiger partial charge is 0.258 e. The lowest BCUT2D eigenvalue weighted by molar-refractivity contribution is -0.124. The van der Waals surface area contributed by atoms with Gasteiger partial charge in [0, 0.05) is 12.0 Å². The van der Waals surface area contributed by atoms with Gasteiger partial charge < -0.3 is 14.8 Å². The van der Waals surface area contributed by atoms with E-state index in [1.54, 1.807) is 0 Å². The van der Waals surface area contributed by atoms with Gasteiger partial charge >= 0.3 is 0 Å². The Hall–Kier alpha value is -2.08. The largest absolute Gasteiger partial charge is 0.493 e. The average molecular weight is 380 g/mol. The van der Waals surface area contributed by atoms with Crippen LogP contribution < -0.4 is 14.8 Å². The van der Waals surface area contributed by atoms with Gasteiger partial charge in [-0.1, -0.05) is 18.2 Å². The zero-order valence-corrected chi connectivity index (χ0v) is 13.8. The Morgan fingerprint density at radius 2 is 2.17 bits per heavy atom. The number of halogens is 2. The van der Waals surface area contributed by atoms with E-state index in [0.717, 1.165) is 11.3 Å². The molecule has 4 nitrogen and oxygen atoms in total. The van der Waals surface area contributed by atoms with Crippen molar-refractivity contribution in [3.8, 4) is 11.5 Å². The monoisotopic (exact) mass is 379 g/mol. The second kappa shape index (κ2) is 7.00. The molecule has 2 aromatic carbocycles. The molecular weight excluding hydrogens is 365 g/mol. The van der Waals surface area contributed by atoms with Gasteiger partial charge in [-0.2, -0.15) is 0 Å². The standard InChI is InChI=1S/C17H15BrFNO3/c18-13-9-11(19)5-6-16(13)23-10-17(21)20-14-7-8-22-15-4-2-1-3-12(14)15/h1-6,9,14H,7-8,10H2,(H,20,21). The minimum atomic E-state index is -0.368. The quantitative estimate of drug-likeness (QED) is 0.882. The van der Waals surface area contributed by atoms with Crippen LogP contribution in [-0.2, 0) is 4.79 Å². The second-order valence-electron chi connectivity index (χ2n) is 5.16. The summed E-state index contributed by atoms with van der Waals surface area (Å²) in [6, 6.07) is 11.6. The van der Waals surface area contributed by atoms with Crippen LogP contribution >= 0.6 is 15.9 Å². The highest BCUT2D eigenvalue weighted by molar-refractivity contribution is 9.10. The van der Waals surface area contributed by atoms with Crippen LogP contribution in [0, 0.1) is 5.82 Å². The van der Waals surface area contributed by atoms with E-state index < -0.39 is 0 Å². The summed E-state index contributed by atoms with van der Waals surface area (Å²) >= 11 is 3.20. The van der Waals surface area contributed by atoms with Crippen molar-refractivity contribution < 1.29 is 18.7 Å². The summed E-state index contributed by atoms with van der Waals surface area (Å²) < 4.78 is 24.5. The number of rotatable bonds is 4. The number of hydrogen-bond donors (Lipinski definition) is 1. The molecule has 1 amide bonds. The van der Waals surface area contributed by atoms with Crippen molar-refractivity contribution in [2.24, 2.45) is 0 Å². The van der Waals surface area contributed by atoms with Gasteiger partial charge in [-0.15, -0.1) is 0 Å². The first-order valence-electron chi connectivity index (χ1n) is 7.22. The van der Waals surface area contributed by atoms with Gasteiger partial charge in [-0.3, -0.25) is 4.79 Å². The average Bonchev–Trinajstić information content (AvgIpc) is 2.54. The second-order valence-corrected chi connectivity index (χ2v) is 6.01. The van der Waals surface area contributed by atoms with Gasteiger partial charge in [-0.05, 0) is 40.2 Å². The summed E-state index contributed by atoms with van der Waals surface area (Å²) in [6.07, 6.45) is 0.711. The zero-order chi connectivity index (χ0) is 16.2. The molecule has 1 aliphatic heterocycles. The van der Waals surface area contributed by atoms with Gasteiger partial charge in [0.05, 0.1) is 17.1 Å². The highest BCUT2D eigenvalue weighted by atomic mass is 79.9. The molecule has 0 spiro atoms. The highest BCUT2D eigenvalue weighted by Gasteiger charge is 2.22. The van der Waals surface area contributed by atoms with Gasteiger partial charge in [0.25, 0.3) is 5.91 Å². The normalized spacial score (nSPS) is 16.2. The molecule has 1 N–H and O–H groups in total. The van der Waals surface area contributed by atoms with Gasteiger partial charge in [0.1, 0.15) is 17.3 Å². The molecule has 120 valence electrons. The Bertz CT molecular complexity index is 723. The van der Waals surface area contributed by atoms with E-state index in [2.05, 4.69) is 21.2 Å². The Morgan fingerprint density at radius 3 is 3.00 bits per heavy atom. The number of fused-ring (bicyclic) bond motifs is 1. The summed E-state index contributed by atoms with van der Waals surface area (Å²) in [5, 5.41) is 2.94. The fourth-order valence-electron chi connectivity index (χ4n) is 2.46. The predicted molar refractivity (Wildman–Crippen MR) is 87.0 cm³/mol. The van der Waals surface area contributed by atoms with Gasteiger partial charge in [0.2, 0.25) is 0 Å². The minimum Gasteiger partial charge on any atom is -0.493 e. The molecule has 3 rings (SSSR count). The number of para-hydroxylation sites is 1. The van der Waals surface area contributed by atoms with Crippen molar-refractivity contribution in [1.29, 1.82) is 0 Å². The molecular formula is C17H15BrFNO3. The number of amides is 1. The van der Waals surface area contributed by atoms with Crippen molar-refractivity contribution in [3.05, 3.63) is 58.3 Å². The first-order valence-corrected chi connectivity index (χ1v) is 8.02. The van der Waals surface area contributed by atoms with Crippen LogP contribution in [0.15, 0.2) is 46.9 Å². The Kier molecular flexibility index (Phi) is 4.81. The molecule has 0 fully saturated rings. The topological polar surface area (TPSA) is 47.6 Å². The van der Waals surface area contributed by atoms with E-state index in [9.17, 15) is 9.18 Å². The van der Waals surface area contributed by atoms with Crippen molar-refractivity contribution >= 4 is 21.8 Å². The molecule has 6 heteroatoms. The number of nitrogens with one attached hydrogen (secondary N) is 1. The zero-order valence-electron chi connectivity index (χ0n) is 12.2.